The van der Waals surface area contributed by atoms with Crippen molar-refractivity contribution in [2.24, 2.45) is 0 Å². The fourth-order valence-corrected chi connectivity index (χ4v) is 2.19. The van der Waals surface area contributed by atoms with E-state index in [1.54, 1.807) is 31.2 Å². The SMILES string of the molecule is COc1ccc(C(=O)c2c(O)oc3c(=O)cc(C)oc23)cc1. The molecule has 0 saturated carbocycles. The minimum Gasteiger partial charge on any atom is -0.497 e. The quantitative estimate of drug-likeness (QED) is 0.748. The molecule has 0 saturated heterocycles. The van der Waals surface area contributed by atoms with Gasteiger partial charge in [-0.2, -0.15) is 0 Å². The summed E-state index contributed by atoms with van der Waals surface area (Å²) in [7, 11) is 1.52. The first-order chi connectivity index (χ1) is 10.5. The Morgan fingerprint density at radius 3 is 2.45 bits per heavy atom. The van der Waals surface area contributed by atoms with Crippen LogP contribution in [0.1, 0.15) is 21.7 Å². The monoisotopic (exact) mass is 300 g/mol. The van der Waals surface area contributed by atoms with Crippen LogP contribution < -0.4 is 10.2 Å². The van der Waals surface area contributed by atoms with Crippen LogP contribution in [0.2, 0.25) is 0 Å². The van der Waals surface area contributed by atoms with Crippen LogP contribution >= 0.6 is 0 Å². The molecular formula is C16H12O6. The Balaban J connectivity index is 2.18. The second-order valence-corrected chi connectivity index (χ2v) is 4.72. The molecule has 0 radical (unpaired) electrons. The van der Waals surface area contributed by atoms with Gasteiger partial charge in [0.1, 0.15) is 17.1 Å². The van der Waals surface area contributed by atoms with Gasteiger partial charge in [0.25, 0.3) is 5.95 Å². The van der Waals surface area contributed by atoms with Crippen molar-refractivity contribution in [3.63, 3.8) is 0 Å². The number of ketones is 1. The zero-order valence-electron chi connectivity index (χ0n) is 11.9. The summed E-state index contributed by atoms with van der Waals surface area (Å²) < 4.78 is 15.4. The van der Waals surface area contributed by atoms with E-state index in [-0.39, 0.29) is 16.7 Å². The van der Waals surface area contributed by atoms with Crippen molar-refractivity contribution in [1.82, 2.24) is 0 Å². The first-order valence-corrected chi connectivity index (χ1v) is 6.46. The maximum absolute atomic E-state index is 12.5. The fraction of sp³-hybridized carbons (Fsp3) is 0.125. The predicted molar refractivity (Wildman–Crippen MR) is 77.6 cm³/mol. The molecule has 3 rings (SSSR count). The predicted octanol–water partition coefficient (Wildman–Crippen LogP) is 2.64. The third-order valence-electron chi connectivity index (χ3n) is 3.25. The van der Waals surface area contributed by atoms with Crippen molar-refractivity contribution in [2.75, 3.05) is 7.11 Å². The first kappa shape index (κ1) is 13.9. The van der Waals surface area contributed by atoms with Gasteiger partial charge < -0.3 is 18.7 Å². The van der Waals surface area contributed by atoms with E-state index in [1.807, 2.05) is 0 Å². The van der Waals surface area contributed by atoms with Gasteiger partial charge in [-0.05, 0) is 31.2 Å². The van der Waals surface area contributed by atoms with Crippen molar-refractivity contribution in [3.8, 4) is 11.7 Å². The van der Waals surface area contributed by atoms with Crippen molar-refractivity contribution in [3.05, 3.63) is 57.4 Å². The van der Waals surface area contributed by atoms with Crippen LogP contribution in [0.5, 0.6) is 11.7 Å². The zero-order valence-corrected chi connectivity index (χ0v) is 11.9. The lowest BCUT2D eigenvalue weighted by Gasteiger charge is -2.02. The van der Waals surface area contributed by atoms with Crippen LogP contribution in [0.4, 0.5) is 0 Å². The molecule has 0 aliphatic rings. The number of aryl methyl sites for hydroxylation is 1. The van der Waals surface area contributed by atoms with E-state index in [4.69, 9.17) is 13.6 Å². The summed E-state index contributed by atoms with van der Waals surface area (Å²) in [6.07, 6.45) is 0. The lowest BCUT2D eigenvalue weighted by Crippen LogP contribution is -2.03. The van der Waals surface area contributed by atoms with E-state index in [0.717, 1.165) is 0 Å². The van der Waals surface area contributed by atoms with Crippen LogP contribution in [0.15, 0.2) is 44.0 Å². The molecule has 22 heavy (non-hydrogen) atoms. The molecule has 0 fully saturated rings. The minimum absolute atomic E-state index is 0.0525. The molecule has 112 valence electrons. The normalized spacial score (nSPS) is 10.8. The highest BCUT2D eigenvalue weighted by molar-refractivity contribution is 6.16. The van der Waals surface area contributed by atoms with Crippen molar-refractivity contribution in [2.45, 2.75) is 6.92 Å². The van der Waals surface area contributed by atoms with Crippen LogP contribution in [0.3, 0.4) is 0 Å². The van der Waals surface area contributed by atoms with Gasteiger partial charge in [0, 0.05) is 11.6 Å². The molecule has 0 aliphatic carbocycles. The van der Waals surface area contributed by atoms with E-state index in [2.05, 4.69) is 0 Å². The molecule has 0 atom stereocenters. The maximum atomic E-state index is 12.5. The van der Waals surface area contributed by atoms with Gasteiger partial charge in [0.15, 0.2) is 5.58 Å². The molecule has 0 amide bonds. The number of rotatable bonds is 3. The lowest BCUT2D eigenvalue weighted by atomic mass is 10.0. The second kappa shape index (κ2) is 5.07. The Morgan fingerprint density at radius 1 is 1.14 bits per heavy atom. The Bertz CT molecular complexity index is 914. The van der Waals surface area contributed by atoms with Crippen LogP contribution in [0, 0.1) is 6.92 Å². The minimum atomic E-state index is -0.637. The summed E-state index contributed by atoms with van der Waals surface area (Å²) in [4.78, 5) is 24.4. The largest absolute Gasteiger partial charge is 0.497 e. The summed E-state index contributed by atoms with van der Waals surface area (Å²) in [6, 6.07) is 7.57. The van der Waals surface area contributed by atoms with E-state index < -0.39 is 17.2 Å². The number of carbonyl (C=O) groups excluding carboxylic acids is 1. The Morgan fingerprint density at radius 2 is 1.82 bits per heavy atom. The van der Waals surface area contributed by atoms with Gasteiger partial charge >= 0.3 is 0 Å². The molecule has 1 aromatic carbocycles. The molecule has 0 spiro atoms. The average Bonchev–Trinajstić information content (AvgIpc) is 2.83. The Kier molecular flexibility index (Phi) is 3.21. The molecule has 6 heteroatoms. The second-order valence-electron chi connectivity index (χ2n) is 4.72. The molecule has 2 heterocycles. The smallest absolute Gasteiger partial charge is 0.298 e. The summed E-state index contributed by atoms with van der Waals surface area (Å²) in [5, 5.41) is 9.87. The molecule has 1 N–H and O–H groups in total. The Labute approximate surface area is 124 Å². The van der Waals surface area contributed by atoms with Gasteiger partial charge in [-0.25, -0.2) is 0 Å². The number of furan rings is 1. The van der Waals surface area contributed by atoms with Crippen molar-refractivity contribution >= 4 is 16.9 Å². The van der Waals surface area contributed by atoms with E-state index in [9.17, 15) is 14.7 Å². The highest BCUT2D eigenvalue weighted by Gasteiger charge is 2.25. The molecule has 0 aliphatic heterocycles. The van der Waals surface area contributed by atoms with Gasteiger partial charge in [-0.1, -0.05) is 0 Å². The van der Waals surface area contributed by atoms with E-state index >= 15 is 0 Å². The zero-order chi connectivity index (χ0) is 15.9. The highest BCUT2D eigenvalue weighted by Crippen LogP contribution is 2.31. The number of aromatic hydroxyl groups is 1. The standard InChI is InChI=1S/C16H12O6/c1-8-7-11(17)14-15(21-8)12(16(19)22-14)13(18)9-3-5-10(20-2)6-4-9/h3-7,19H,1-2H3. The highest BCUT2D eigenvalue weighted by atomic mass is 16.5. The van der Waals surface area contributed by atoms with Crippen molar-refractivity contribution in [1.29, 1.82) is 0 Å². The number of hydrogen-bond acceptors (Lipinski definition) is 6. The maximum Gasteiger partial charge on any atom is 0.298 e. The number of methoxy groups -OCH3 is 1. The molecular weight excluding hydrogens is 288 g/mol. The number of ether oxygens (including phenoxy) is 1. The van der Waals surface area contributed by atoms with Crippen LogP contribution in [0.25, 0.3) is 11.2 Å². The van der Waals surface area contributed by atoms with Gasteiger partial charge in [0.05, 0.1) is 7.11 Å². The summed E-state index contributed by atoms with van der Waals surface area (Å²) in [5.41, 5.74) is -0.546. The molecule has 0 bridgehead atoms. The lowest BCUT2D eigenvalue weighted by molar-refractivity contribution is 0.103. The first-order valence-electron chi connectivity index (χ1n) is 6.46. The van der Waals surface area contributed by atoms with Crippen LogP contribution in [-0.4, -0.2) is 18.0 Å². The summed E-state index contributed by atoms with van der Waals surface area (Å²) >= 11 is 0. The van der Waals surface area contributed by atoms with E-state index in [1.165, 1.54) is 13.2 Å². The van der Waals surface area contributed by atoms with Crippen molar-refractivity contribution < 1.29 is 23.5 Å². The average molecular weight is 300 g/mol. The third kappa shape index (κ3) is 2.14. The number of hydrogen-bond donors (Lipinski definition) is 1. The number of carbonyl (C=O) groups is 1. The molecule has 0 unspecified atom stereocenters. The molecule has 3 aromatic rings. The third-order valence-corrected chi connectivity index (χ3v) is 3.25. The number of benzene rings is 1. The van der Waals surface area contributed by atoms with Gasteiger partial charge in [0.2, 0.25) is 16.8 Å². The number of fused-ring (bicyclic) bond motifs is 1. The summed E-state index contributed by atoms with van der Waals surface area (Å²) in [5.74, 6) is -0.225. The Hall–Kier alpha value is -3.02. The van der Waals surface area contributed by atoms with Crippen LogP contribution in [-0.2, 0) is 0 Å². The molecule has 6 nitrogen and oxygen atoms in total. The van der Waals surface area contributed by atoms with E-state index in [0.29, 0.717) is 17.1 Å². The molecule has 2 aromatic heterocycles. The fourth-order valence-electron chi connectivity index (χ4n) is 2.19. The summed E-state index contributed by atoms with van der Waals surface area (Å²) in [6.45, 7) is 1.58. The van der Waals surface area contributed by atoms with Gasteiger partial charge in [-0.3, -0.25) is 9.59 Å². The topological polar surface area (TPSA) is 89.9 Å². The van der Waals surface area contributed by atoms with Gasteiger partial charge in [-0.15, -0.1) is 0 Å².